The Morgan fingerprint density at radius 1 is 1.24 bits per heavy atom. The summed E-state index contributed by atoms with van der Waals surface area (Å²) in [5.74, 6) is 0.802. The Balaban J connectivity index is 1.49. The average Bonchev–Trinajstić information content (AvgIpc) is 3.22. The molecule has 1 atom stereocenters. The Morgan fingerprint density at radius 2 is 2.09 bits per heavy atom. The van der Waals surface area contributed by atoms with Crippen molar-refractivity contribution in [2.45, 2.75) is 50.5 Å². The Kier molecular flexibility index (Phi) is 6.03. The highest BCUT2D eigenvalue weighted by molar-refractivity contribution is 6.33. The van der Waals surface area contributed by atoms with Crippen LogP contribution < -0.4 is 10.1 Å². The highest BCUT2D eigenvalue weighted by atomic mass is 35.5. The maximum Gasteiger partial charge on any atom is 0.407 e. The van der Waals surface area contributed by atoms with Crippen molar-refractivity contribution in [3.63, 3.8) is 0 Å². The molecule has 1 aromatic heterocycles. The molecule has 1 aliphatic heterocycles. The van der Waals surface area contributed by atoms with E-state index in [0.717, 1.165) is 41.3 Å². The minimum absolute atomic E-state index is 0.0670. The lowest BCUT2D eigenvalue weighted by Gasteiger charge is -2.34. The van der Waals surface area contributed by atoms with Gasteiger partial charge in [0.25, 0.3) is 0 Å². The second-order valence-electron chi connectivity index (χ2n) is 8.47. The van der Waals surface area contributed by atoms with Gasteiger partial charge in [-0.1, -0.05) is 11.6 Å². The van der Waals surface area contributed by atoms with Crippen LogP contribution >= 0.6 is 11.6 Å². The van der Waals surface area contributed by atoms with Crippen LogP contribution in [0.4, 0.5) is 4.79 Å². The smallest absolute Gasteiger partial charge is 0.407 e. The number of hydrogen-bond acceptors (Lipinski definition) is 6. The molecule has 3 aromatic rings. The van der Waals surface area contributed by atoms with Gasteiger partial charge >= 0.3 is 6.09 Å². The van der Waals surface area contributed by atoms with Gasteiger partial charge in [0.1, 0.15) is 23.7 Å². The number of hydrogen-bond donors (Lipinski definition) is 2. The van der Waals surface area contributed by atoms with Gasteiger partial charge in [-0.2, -0.15) is 5.10 Å². The number of nitrogens with one attached hydrogen (secondary N) is 1. The number of nitrogens with zero attached hydrogens (tertiary/aromatic N) is 2. The Labute approximate surface area is 196 Å². The predicted octanol–water partition coefficient (Wildman–Crippen LogP) is 5.03. The Morgan fingerprint density at radius 3 is 2.82 bits per heavy atom. The van der Waals surface area contributed by atoms with Crippen LogP contribution in [-0.2, 0) is 9.47 Å². The van der Waals surface area contributed by atoms with Crippen LogP contribution in [0, 0.1) is 0 Å². The van der Waals surface area contributed by atoms with Crippen LogP contribution in [-0.4, -0.2) is 46.8 Å². The molecule has 5 rings (SSSR count). The van der Waals surface area contributed by atoms with Gasteiger partial charge in [0.2, 0.25) is 0 Å². The fourth-order valence-corrected chi connectivity index (χ4v) is 4.63. The van der Waals surface area contributed by atoms with Crippen LogP contribution in [0.3, 0.4) is 0 Å². The number of aromatic hydroxyl groups is 1. The molecule has 1 amide bonds. The number of alkyl carbamates (subject to hydrolysis) is 1. The van der Waals surface area contributed by atoms with Crippen molar-refractivity contribution in [3.05, 3.63) is 41.6 Å². The van der Waals surface area contributed by atoms with Crippen molar-refractivity contribution >= 4 is 28.6 Å². The zero-order chi connectivity index (χ0) is 22.9. The summed E-state index contributed by atoms with van der Waals surface area (Å²) >= 11 is 6.45. The largest absolute Gasteiger partial charge is 0.508 e. The lowest BCUT2D eigenvalue weighted by molar-refractivity contribution is -0.0366. The molecule has 2 heterocycles. The maximum atomic E-state index is 11.4. The number of benzene rings is 2. The second-order valence-corrected chi connectivity index (χ2v) is 8.88. The molecule has 0 bridgehead atoms. The van der Waals surface area contributed by atoms with Crippen molar-refractivity contribution in [1.29, 1.82) is 0 Å². The summed E-state index contributed by atoms with van der Waals surface area (Å²) in [6, 6.07) is 8.90. The normalized spacial score (nSPS) is 22.5. The zero-order valence-electron chi connectivity index (χ0n) is 18.3. The molecule has 2 aromatic carbocycles. The van der Waals surface area contributed by atoms with E-state index in [1.165, 1.54) is 6.07 Å². The molecule has 2 aliphatic rings. The van der Waals surface area contributed by atoms with Gasteiger partial charge < -0.3 is 24.6 Å². The second kappa shape index (κ2) is 9.11. The molecule has 1 unspecified atom stereocenters. The molecule has 2 N–H and O–H groups in total. The Hall–Kier alpha value is -2.97. The number of phenolic OH excluding ortho intramolecular Hbond substituents is 1. The summed E-state index contributed by atoms with van der Waals surface area (Å²) in [6.45, 7) is 0.716. The highest BCUT2D eigenvalue weighted by Crippen LogP contribution is 2.40. The number of fused-ring (bicyclic) bond motifs is 1. The summed E-state index contributed by atoms with van der Waals surface area (Å²) in [5.41, 5.74) is 2.54. The summed E-state index contributed by atoms with van der Waals surface area (Å²) in [7, 11) is 1.54. The molecule has 2 fully saturated rings. The first kappa shape index (κ1) is 21.9. The average molecular weight is 472 g/mol. The maximum absolute atomic E-state index is 11.4. The van der Waals surface area contributed by atoms with E-state index < -0.39 is 6.09 Å². The quantitative estimate of drug-likeness (QED) is 0.542. The lowest BCUT2D eigenvalue weighted by Crippen LogP contribution is -2.42. The number of carbonyl (C=O) groups is 1. The number of carbonyl (C=O) groups excluding carboxylic acids is 1. The molecule has 8 nitrogen and oxygen atoms in total. The minimum Gasteiger partial charge on any atom is -0.508 e. The van der Waals surface area contributed by atoms with E-state index in [0.29, 0.717) is 30.2 Å². The molecular weight excluding hydrogens is 446 g/mol. The third kappa shape index (κ3) is 4.45. The monoisotopic (exact) mass is 471 g/mol. The van der Waals surface area contributed by atoms with E-state index in [9.17, 15) is 9.90 Å². The number of ether oxygens (including phenoxy) is 3. The van der Waals surface area contributed by atoms with Gasteiger partial charge in [0.15, 0.2) is 6.23 Å². The first-order valence-corrected chi connectivity index (χ1v) is 11.6. The summed E-state index contributed by atoms with van der Waals surface area (Å²) in [4.78, 5) is 11.4. The fraction of sp³-hybridized carbons (Fsp3) is 0.417. The van der Waals surface area contributed by atoms with Crippen LogP contribution in [0.15, 0.2) is 36.5 Å². The summed E-state index contributed by atoms with van der Waals surface area (Å²) in [5, 5.41) is 18.2. The Bertz CT molecular complexity index is 1170. The molecule has 1 saturated heterocycles. The van der Waals surface area contributed by atoms with Crippen molar-refractivity contribution in [1.82, 2.24) is 15.1 Å². The van der Waals surface area contributed by atoms with E-state index in [1.54, 1.807) is 19.2 Å². The molecular formula is C24H26ClN3O5. The SMILES string of the molecule is CNC(=O)O[C@H]1C[C@H](Oc2cc(-c3ccc(O)cc3Cl)cc3c2cnn3C2CCCCO2)C1. The lowest BCUT2D eigenvalue weighted by atomic mass is 9.92. The van der Waals surface area contributed by atoms with Gasteiger partial charge in [0.05, 0.1) is 22.1 Å². The van der Waals surface area contributed by atoms with Gasteiger partial charge in [-0.25, -0.2) is 9.48 Å². The minimum atomic E-state index is -0.432. The van der Waals surface area contributed by atoms with E-state index in [4.69, 9.17) is 25.8 Å². The number of aromatic nitrogens is 2. The molecule has 1 saturated carbocycles. The summed E-state index contributed by atoms with van der Waals surface area (Å²) in [6.07, 6.45) is 5.33. The molecule has 33 heavy (non-hydrogen) atoms. The molecule has 0 spiro atoms. The zero-order valence-corrected chi connectivity index (χ0v) is 19.0. The highest BCUT2D eigenvalue weighted by Gasteiger charge is 2.34. The molecule has 9 heteroatoms. The third-order valence-corrected chi connectivity index (χ3v) is 6.51. The van der Waals surface area contributed by atoms with Crippen molar-refractivity contribution in [3.8, 4) is 22.6 Å². The number of phenols is 1. The van der Waals surface area contributed by atoms with Gasteiger partial charge in [0, 0.05) is 32.1 Å². The van der Waals surface area contributed by atoms with E-state index in [-0.39, 0.29) is 24.2 Å². The summed E-state index contributed by atoms with van der Waals surface area (Å²) < 4.78 is 19.5. The first-order chi connectivity index (χ1) is 16.0. The molecule has 0 radical (unpaired) electrons. The van der Waals surface area contributed by atoms with Gasteiger partial charge in [-0.3, -0.25) is 0 Å². The van der Waals surface area contributed by atoms with E-state index in [2.05, 4.69) is 10.4 Å². The number of amides is 1. The first-order valence-electron chi connectivity index (χ1n) is 11.2. The standard InChI is InChI=1S/C24H26ClN3O5/c1-26-24(30)33-17-11-16(12-17)32-22-9-14(18-6-5-15(29)10-20(18)25)8-21-19(22)13-27-28(21)23-4-2-3-7-31-23/h5-6,8-10,13,16-17,23,29H,2-4,7,11-12H2,1H3,(H,26,30)/t16-,17-,23?. The fourth-order valence-electron chi connectivity index (χ4n) is 4.35. The van der Waals surface area contributed by atoms with Gasteiger partial charge in [-0.15, -0.1) is 0 Å². The van der Waals surface area contributed by atoms with E-state index >= 15 is 0 Å². The van der Waals surface area contributed by atoms with Crippen molar-refractivity contribution < 1.29 is 24.1 Å². The van der Waals surface area contributed by atoms with Crippen LogP contribution in [0.5, 0.6) is 11.5 Å². The topological polar surface area (TPSA) is 94.8 Å². The number of rotatable bonds is 5. The molecule has 1 aliphatic carbocycles. The van der Waals surface area contributed by atoms with Gasteiger partial charge in [-0.05, 0) is 55.2 Å². The molecule has 174 valence electrons. The van der Waals surface area contributed by atoms with E-state index in [1.807, 2.05) is 23.0 Å². The van der Waals surface area contributed by atoms with Crippen LogP contribution in [0.2, 0.25) is 5.02 Å². The van der Waals surface area contributed by atoms with Crippen molar-refractivity contribution in [2.75, 3.05) is 13.7 Å². The third-order valence-electron chi connectivity index (χ3n) is 6.19. The van der Waals surface area contributed by atoms with Crippen LogP contribution in [0.25, 0.3) is 22.0 Å². The van der Waals surface area contributed by atoms with Crippen molar-refractivity contribution in [2.24, 2.45) is 0 Å². The van der Waals surface area contributed by atoms with Crippen LogP contribution in [0.1, 0.15) is 38.3 Å². The predicted molar refractivity (Wildman–Crippen MR) is 124 cm³/mol. The number of halogens is 1.